The summed E-state index contributed by atoms with van der Waals surface area (Å²) in [5.41, 5.74) is 1.34. The van der Waals surface area contributed by atoms with Crippen LogP contribution in [0.3, 0.4) is 0 Å². The molecule has 2 aliphatic rings. The van der Waals surface area contributed by atoms with Crippen LogP contribution in [-0.2, 0) is 0 Å². The topological polar surface area (TPSA) is 37.0 Å². The second kappa shape index (κ2) is 4.16. The van der Waals surface area contributed by atoms with Gasteiger partial charge in [0.15, 0.2) is 0 Å². The Bertz CT molecular complexity index is 435. The van der Waals surface area contributed by atoms with Crippen LogP contribution in [0.4, 0.5) is 11.5 Å². The molecule has 0 bridgehead atoms. The van der Waals surface area contributed by atoms with E-state index >= 15 is 0 Å². The van der Waals surface area contributed by atoms with Gasteiger partial charge in [-0.15, -0.1) is 0 Å². The van der Waals surface area contributed by atoms with E-state index < -0.39 is 0 Å². The Hall–Kier alpha value is -0.770. The van der Waals surface area contributed by atoms with Crippen molar-refractivity contribution in [2.75, 3.05) is 17.2 Å². The highest BCUT2D eigenvalue weighted by molar-refractivity contribution is 9.10. The van der Waals surface area contributed by atoms with Crippen LogP contribution < -0.4 is 10.6 Å². The van der Waals surface area contributed by atoms with Crippen molar-refractivity contribution < 1.29 is 0 Å². The summed E-state index contributed by atoms with van der Waals surface area (Å²) in [6, 6.07) is 2.09. The third kappa shape index (κ3) is 2.15. The standard InChI is InChI=1S/C13H18BrN3/c1-9-3-2-4-13(6-9)8-16-11-5-10(14)7-15-12(11)17-13/h5,7,9,16H,2-4,6,8H2,1H3,(H,15,17). The number of nitrogens with zero attached hydrogens (tertiary/aromatic N) is 1. The van der Waals surface area contributed by atoms with Gasteiger partial charge in [0.2, 0.25) is 0 Å². The van der Waals surface area contributed by atoms with Crippen LogP contribution >= 0.6 is 15.9 Å². The summed E-state index contributed by atoms with van der Waals surface area (Å²) in [6.07, 6.45) is 7.04. The molecule has 2 N–H and O–H groups in total. The number of rotatable bonds is 0. The van der Waals surface area contributed by atoms with Crippen molar-refractivity contribution in [3.05, 3.63) is 16.7 Å². The summed E-state index contributed by atoms with van der Waals surface area (Å²) in [5.74, 6) is 1.82. The molecule has 4 heteroatoms. The normalized spacial score (nSPS) is 31.5. The monoisotopic (exact) mass is 295 g/mol. The molecule has 1 saturated carbocycles. The maximum atomic E-state index is 4.47. The number of halogens is 1. The van der Waals surface area contributed by atoms with Crippen LogP contribution in [0.1, 0.15) is 32.6 Å². The molecule has 1 aliphatic carbocycles. The lowest BCUT2D eigenvalue weighted by Crippen LogP contribution is -2.50. The Morgan fingerprint density at radius 1 is 1.53 bits per heavy atom. The molecule has 2 unspecified atom stereocenters. The molecule has 2 heterocycles. The molecule has 1 fully saturated rings. The van der Waals surface area contributed by atoms with Gasteiger partial charge in [-0.05, 0) is 40.8 Å². The van der Waals surface area contributed by atoms with Gasteiger partial charge in [0.05, 0.1) is 11.2 Å². The predicted molar refractivity (Wildman–Crippen MR) is 74.4 cm³/mol. The number of pyridine rings is 1. The molecule has 2 atom stereocenters. The van der Waals surface area contributed by atoms with Gasteiger partial charge in [-0.25, -0.2) is 4.98 Å². The predicted octanol–water partition coefficient (Wildman–Crippen LogP) is 3.63. The first-order chi connectivity index (χ1) is 8.17. The average Bonchev–Trinajstić information content (AvgIpc) is 2.30. The quantitative estimate of drug-likeness (QED) is 0.767. The van der Waals surface area contributed by atoms with Crippen molar-refractivity contribution >= 4 is 27.4 Å². The van der Waals surface area contributed by atoms with Gasteiger partial charge in [0, 0.05) is 17.2 Å². The van der Waals surface area contributed by atoms with E-state index in [4.69, 9.17) is 0 Å². The molecular weight excluding hydrogens is 278 g/mol. The summed E-state index contributed by atoms with van der Waals surface area (Å²) in [6.45, 7) is 3.37. The van der Waals surface area contributed by atoms with Crippen LogP contribution in [-0.4, -0.2) is 17.1 Å². The van der Waals surface area contributed by atoms with E-state index in [2.05, 4.69) is 44.5 Å². The van der Waals surface area contributed by atoms with Crippen molar-refractivity contribution in [2.24, 2.45) is 5.92 Å². The summed E-state index contributed by atoms with van der Waals surface area (Å²) in [7, 11) is 0. The first-order valence-electron chi connectivity index (χ1n) is 6.34. The smallest absolute Gasteiger partial charge is 0.149 e. The van der Waals surface area contributed by atoms with E-state index in [1.165, 1.54) is 25.7 Å². The molecule has 92 valence electrons. The van der Waals surface area contributed by atoms with Crippen molar-refractivity contribution in [2.45, 2.75) is 38.1 Å². The van der Waals surface area contributed by atoms with Gasteiger partial charge in [-0.1, -0.05) is 19.8 Å². The number of hydrogen-bond donors (Lipinski definition) is 2. The molecule has 0 saturated heterocycles. The van der Waals surface area contributed by atoms with E-state index in [0.717, 1.165) is 28.4 Å². The van der Waals surface area contributed by atoms with Gasteiger partial charge in [-0.3, -0.25) is 0 Å². The SMILES string of the molecule is CC1CCCC2(CNc3cc(Br)cnc3N2)C1. The Balaban J connectivity index is 1.86. The number of hydrogen-bond acceptors (Lipinski definition) is 3. The summed E-state index contributed by atoms with van der Waals surface area (Å²) >= 11 is 3.46. The molecule has 1 aliphatic heterocycles. The zero-order valence-electron chi connectivity index (χ0n) is 10.1. The fourth-order valence-corrected chi connectivity index (χ4v) is 3.50. The van der Waals surface area contributed by atoms with E-state index in [1.54, 1.807) is 0 Å². The number of anilines is 2. The first-order valence-corrected chi connectivity index (χ1v) is 7.14. The van der Waals surface area contributed by atoms with E-state index in [0.29, 0.717) is 0 Å². The second-order valence-electron chi connectivity index (χ2n) is 5.51. The second-order valence-corrected chi connectivity index (χ2v) is 6.43. The zero-order chi connectivity index (χ0) is 11.9. The van der Waals surface area contributed by atoms with E-state index in [9.17, 15) is 0 Å². The third-order valence-corrected chi connectivity index (χ3v) is 4.38. The summed E-state index contributed by atoms with van der Waals surface area (Å²) < 4.78 is 1.03. The summed E-state index contributed by atoms with van der Waals surface area (Å²) in [4.78, 5) is 4.47. The minimum absolute atomic E-state index is 0.228. The Morgan fingerprint density at radius 2 is 2.41 bits per heavy atom. The van der Waals surface area contributed by atoms with Crippen molar-refractivity contribution in [3.8, 4) is 0 Å². The minimum Gasteiger partial charge on any atom is -0.380 e. The molecule has 1 spiro atoms. The highest BCUT2D eigenvalue weighted by atomic mass is 79.9. The lowest BCUT2D eigenvalue weighted by atomic mass is 9.75. The van der Waals surface area contributed by atoms with Crippen LogP contribution in [0.5, 0.6) is 0 Å². The van der Waals surface area contributed by atoms with Crippen LogP contribution in [0, 0.1) is 5.92 Å². The third-order valence-electron chi connectivity index (χ3n) is 3.95. The van der Waals surface area contributed by atoms with Crippen molar-refractivity contribution in [1.82, 2.24) is 4.98 Å². The first kappa shape index (κ1) is 11.3. The minimum atomic E-state index is 0.228. The molecule has 3 rings (SSSR count). The van der Waals surface area contributed by atoms with E-state index in [1.807, 2.05) is 6.20 Å². The molecule has 17 heavy (non-hydrogen) atoms. The largest absolute Gasteiger partial charge is 0.380 e. The van der Waals surface area contributed by atoms with Crippen LogP contribution in [0.25, 0.3) is 0 Å². The van der Waals surface area contributed by atoms with E-state index in [-0.39, 0.29) is 5.54 Å². The molecule has 0 radical (unpaired) electrons. The number of aromatic nitrogens is 1. The molecule has 1 aromatic heterocycles. The van der Waals surface area contributed by atoms with Crippen molar-refractivity contribution in [1.29, 1.82) is 0 Å². The molecular formula is C13H18BrN3. The van der Waals surface area contributed by atoms with Gasteiger partial charge in [-0.2, -0.15) is 0 Å². The Kier molecular flexibility index (Phi) is 2.77. The van der Waals surface area contributed by atoms with Crippen LogP contribution in [0.2, 0.25) is 0 Å². The van der Waals surface area contributed by atoms with Crippen LogP contribution in [0.15, 0.2) is 16.7 Å². The Morgan fingerprint density at radius 3 is 3.24 bits per heavy atom. The summed E-state index contributed by atoms with van der Waals surface area (Å²) in [5, 5.41) is 7.21. The number of fused-ring (bicyclic) bond motifs is 1. The van der Waals surface area contributed by atoms with Crippen molar-refractivity contribution in [3.63, 3.8) is 0 Å². The van der Waals surface area contributed by atoms with Gasteiger partial charge in [0.1, 0.15) is 5.82 Å². The molecule has 3 nitrogen and oxygen atoms in total. The lowest BCUT2D eigenvalue weighted by Gasteiger charge is -2.44. The maximum absolute atomic E-state index is 4.47. The van der Waals surface area contributed by atoms with Gasteiger partial charge < -0.3 is 10.6 Å². The fraction of sp³-hybridized carbons (Fsp3) is 0.615. The molecule has 0 amide bonds. The van der Waals surface area contributed by atoms with Gasteiger partial charge >= 0.3 is 0 Å². The average molecular weight is 296 g/mol. The molecule has 1 aromatic rings. The highest BCUT2D eigenvalue weighted by Crippen LogP contribution is 2.39. The lowest BCUT2D eigenvalue weighted by molar-refractivity contribution is 0.266. The number of nitrogens with one attached hydrogen (secondary N) is 2. The molecule has 0 aromatic carbocycles. The Labute approximate surface area is 111 Å². The van der Waals surface area contributed by atoms with Gasteiger partial charge in [0.25, 0.3) is 0 Å². The highest BCUT2D eigenvalue weighted by Gasteiger charge is 2.37. The fourth-order valence-electron chi connectivity index (χ4n) is 3.17. The zero-order valence-corrected chi connectivity index (χ0v) is 11.7. The maximum Gasteiger partial charge on any atom is 0.149 e.